The third-order valence-electron chi connectivity index (χ3n) is 6.51. The molecule has 0 aromatic heterocycles. The van der Waals surface area contributed by atoms with Crippen LogP contribution in [0.1, 0.15) is 60.2 Å². The molecule has 0 radical (unpaired) electrons. The van der Waals surface area contributed by atoms with Crippen LogP contribution in [0.5, 0.6) is 5.75 Å². The number of likely N-dealkylation sites (N-methyl/N-ethyl adjacent to an activating group) is 1. The second kappa shape index (κ2) is 12.8. The minimum Gasteiger partial charge on any atom is -0.496 e. The molecule has 0 heterocycles. The van der Waals surface area contributed by atoms with Crippen LogP contribution in [0.2, 0.25) is 0 Å². The third-order valence-corrected chi connectivity index (χ3v) is 6.51. The van der Waals surface area contributed by atoms with E-state index in [1.807, 2.05) is 31.3 Å². The molecule has 3 aromatic rings. The zero-order valence-electron chi connectivity index (χ0n) is 22.0. The van der Waals surface area contributed by atoms with Gasteiger partial charge in [0.05, 0.1) is 18.7 Å². The molecule has 0 aliphatic heterocycles. The normalized spacial score (nSPS) is 13.3. The molecular formula is C31H37F3N2O. The predicted molar refractivity (Wildman–Crippen MR) is 145 cm³/mol. The van der Waals surface area contributed by atoms with Gasteiger partial charge in [0.25, 0.3) is 0 Å². The van der Waals surface area contributed by atoms with Crippen molar-refractivity contribution in [2.75, 3.05) is 14.2 Å². The van der Waals surface area contributed by atoms with Crippen molar-refractivity contribution in [2.24, 2.45) is 5.92 Å². The van der Waals surface area contributed by atoms with Gasteiger partial charge in [-0.2, -0.15) is 13.2 Å². The number of benzene rings is 3. The van der Waals surface area contributed by atoms with Crippen LogP contribution in [0.4, 0.5) is 13.2 Å². The highest BCUT2D eigenvalue weighted by atomic mass is 19.4. The van der Waals surface area contributed by atoms with E-state index in [4.69, 9.17) is 4.74 Å². The average Bonchev–Trinajstić information content (AvgIpc) is 2.88. The van der Waals surface area contributed by atoms with E-state index in [9.17, 15) is 13.2 Å². The number of aryl methyl sites for hydroxylation is 1. The Bertz CT molecular complexity index is 1140. The van der Waals surface area contributed by atoms with Gasteiger partial charge in [0.15, 0.2) is 0 Å². The molecule has 6 heteroatoms. The van der Waals surface area contributed by atoms with Crippen LogP contribution < -0.4 is 15.4 Å². The van der Waals surface area contributed by atoms with Crippen molar-refractivity contribution in [2.45, 2.75) is 51.4 Å². The van der Waals surface area contributed by atoms with Crippen molar-refractivity contribution < 1.29 is 17.9 Å². The SMILES string of the molecule is C=C(NC)[C@H](N[C@@H](CCc1ccc(C(F)(F)F)cc1)c1ccc(OC)c(CC(C)C)c1)c1ccccc1. The smallest absolute Gasteiger partial charge is 0.416 e. The molecular weight excluding hydrogens is 473 g/mol. The van der Waals surface area contributed by atoms with Crippen LogP contribution >= 0.6 is 0 Å². The summed E-state index contributed by atoms with van der Waals surface area (Å²) < 4.78 is 44.7. The number of hydrogen-bond donors (Lipinski definition) is 2. The van der Waals surface area contributed by atoms with E-state index in [2.05, 4.69) is 55.3 Å². The van der Waals surface area contributed by atoms with E-state index in [0.717, 1.165) is 52.3 Å². The summed E-state index contributed by atoms with van der Waals surface area (Å²) in [5.41, 5.74) is 4.39. The molecule has 198 valence electrons. The Morgan fingerprint density at radius 3 is 2.19 bits per heavy atom. The molecule has 0 spiro atoms. The summed E-state index contributed by atoms with van der Waals surface area (Å²) in [5.74, 6) is 1.32. The minimum absolute atomic E-state index is 0.0746. The highest BCUT2D eigenvalue weighted by Crippen LogP contribution is 2.32. The summed E-state index contributed by atoms with van der Waals surface area (Å²) in [7, 11) is 3.53. The number of ether oxygens (including phenoxy) is 1. The fourth-order valence-corrected chi connectivity index (χ4v) is 4.52. The van der Waals surface area contributed by atoms with Gasteiger partial charge >= 0.3 is 6.18 Å². The molecule has 0 unspecified atom stereocenters. The van der Waals surface area contributed by atoms with E-state index < -0.39 is 11.7 Å². The minimum atomic E-state index is -4.34. The summed E-state index contributed by atoms with van der Waals surface area (Å²) in [6.07, 6.45) is -2.14. The summed E-state index contributed by atoms with van der Waals surface area (Å²) >= 11 is 0. The maximum Gasteiger partial charge on any atom is 0.416 e. The Balaban J connectivity index is 1.94. The molecule has 2 N–H and O–H groups in total. The zero-order chi connectivity index (χ0) is 27.0. The summed E-state index contributed by atoms with van der Waals surface area (Å²) in [6, 6.07) is 21.6. The number of alkyl halides is 3. The molecule has 0 fully saturated rings. The van der Waals surface area contributed by atoms with Crippen LogP contribution in [0, 0.1) is 5.92 Å². The molecule has 0 amide bonds. The topological polar surface area (TPSA) is 33.3 Å². The van der Waals surface area contributed by atoms with Gasteiger partial charge in [0.2, 0.25) is 0 Å². The van der Waals surface area contributed by atoms with E-state index in [-0.39, 0.29) is 12.1 Å². The summed E-state index contributed by atoms with van der Waals surface area (Å²) in [4.78, 5) is 0. The van der Waals surface area contributed by atoms with Gasteiger partial charge in [-0.05, 0) is 65.6 Å². The van der Waals surface area contributed by atoms with Crippen LogP contribution in [0.3, 0.4) is 0 Å². The quantitative estimate of drug-likeness (QED) is 0.263. The molecule has 2 atom stereocenters. The van der Waals surface area contributed by atoms with Crippen molar-refractivity contribution in [1.29, 1.82) is 0 Å². The Kier molecular flexibility index (Phi) is 9.81. The molecule has 3 aromatic carbocycles. The van der Waals surface area contributed by atoms with Gasteiger partial charge in [-0.15, -0.1) is 0 Å². The molecule has 0 saturated carbocycles. The van der Waals surface area contributed by atoms with Gasteiger partial charge in [0.1, 0.15) is 5.75 Å². The van der Waals surface area contributed by atoms with E-state index in [1.165, 1.54) is 0 Å². The number of halogens is 3. The van der Waals surface area contributed by atoms with Crippen molar-refractivity contribution >= 4 is 0 Å². The van der Waals surface area contributed by atoms with Crippen LogP contribution in [-0.4, -0.2) is 14.2 Å². The largest absolute Gasteiger partial charge is 0.496 e. The van der Waals surface area contributed by atoms with Gasteiger partial charge < -0.3 is 10.1 Å². The standard InChI is InChI=1S/C31H37F3N2O/c1-21(2)19-26-20-25(14-18-29(26)37-5)28(17-13-23-11-15-27(16-12-23)31(32,33)34)36-30(22(3)35-4)24-9-7-6-8-10-24/h6-12,14-16,18,20-21,28,30,35-36H,3,13,17,19H2,1-2,4-5H3/t28-,30-/m0/s1. The second-order valence-electron chi connectivity index (χ2n) is 9.74. The monoisotopic (exact) mass is 510 g/mol. The number of nitrogens with one attached hydrogen (secondary N) is 2. The molecule has 0 bridgehead atoms. The lowest BCUT2D eigenvalue weighted by Crippen LogP contribution is -2.31. The van der Waals surface area contributed by atoms with Gasteiger partial charge in [-0.3, -0.25) is 5.32 Å². The lowest BCUT2D eigenvalue weighted by atomic mass is 9.92. The first-order chi connectivity index (χ1) is 17.6. The van der Waals surface area contributed by atoms with Gasteiger partial charge in [0, 0.05) is 18.8 Å². The third kappa shape index (κ3) is 7.86. The molecule has 3 rings (SSSR count). The van der Waals surface area contributed by atoms with Crippen molar-refractivity contribution in [3.8, 4) is 5.75 Å². The van der Waals surface area contributed by atoms with Crippen LogP contribution in [-0.2, 0) is 19.0 Å². The Morgan fingerprint density at radius 1 is 0.946 bits per heavy atom. The lowest BCUT2D eigenvalue weighted by Gasteiger charge is -2.29. The Hall–Kier alpha value is -3.25. The van der Waals surface area contributed by atoms with E-state index in [1.54, 1.807) is 19.2 Å². The Morgan fingerprint density at radius 2 is 1.62 bits per heavy atom. The second-order valence-corrected chi connectivity index (χ2v) is 9.74. The fraction of sp³-hybridized carbons (Fsp3) is 0.355. The number of rotatable bonds is 12. The predicted octanol–water partition coefficient (Wildman–Crippen LogP) is 7.65. The zero-order valence-corrected chi connectivity index (χ0v) is 22.0. The first-order valence-corrected chi connectivity index (χ1v) is 12.6. The fourth-order valence-electron chi connectivity index (χ4n) is 4.52. The van der Waals surface area contributed by atoms with Crippen LogP contribution in [0.25, 0.3) is 0 Å². The molecule has 0 aliphatic carbocycles. The summed E-state index contributed by atoms with van der Waals surface area (Å²) in [6.45, 7) is 8.58. The highest BCUT2D eigenvalue weighted by Gasteiger charge is 2.30. The number of hydrogen-bond acceptors (Lipinski definition) is 3. The van der Waals surface area contributed by atoms with Crippen molar-refractivity contribution in [1.82, 2.24) is 10.6 Å². The maximum absolute atomic E-state index is 13.0. The van der Waals surface area contributed by atoms with Gasteiger partial charge in [-0.1, -0.05) is 75.0 Å². The highest BCUT2D eigenvalue weighted by molar-refractivity contribution is 5.39. The Labute approximate surface area is 218 Å². The van der Waals surface area contributed by atoms with Crippen molar-refractivity contribution in [3.63, 3.8) is 0 Å². The number of methoxy groups -OCH3 is 1. The average molecular weight is 511 g/mol. The lowest BCUT2D eigenvalue weighted by molar-refractivity contribution is -0.137. The van der Waals surface area contributed by atoms with Crippen molar-refractivity contribution in [3.05, 3.63) is 113 Å². The van der Waals surface area contributed by atoms with Crippen LogP contribution in [0.15, 0.2) is 85.1 Å². The first kappa shape index (κ1) is 28.3. The molecule has 0 aliphatic rings. The first-order valence-electron chi connectivity index (χ1n) is 12.6. The molecule has 37 heavy (non-hydrogen) atoms. The van der Waals surface area contributed by atoms with Gasteiger partial charge in [-0.25, -0.2) is 0 Å². The molecule has 3 nitrogen and oxygen atoms in total. The molecule has 0 saturated heterocycles. The van der Waals surface area contributed by atoms with E-state index >= 15 is 0 Å². The summed E-state index contributed by atoms with van der Waals surface area (Å²) in [5, 5.41) is 6.97. The van der Waals surface area contributed by atoms with E-state index in [0.29, 0.717) is 18.8 Å². The maximum atomic E-state index is 13.0.